The molecular weight excluding hydrogens is 294 g/mol. The molecule has 0 unspecified atom stereocenters. The van der Waals surface area contributed by atoms with Crippen molar-refractivity contribution in [1.29, 1.82) is 0 Å². The highest BCUT2D eigenvalue weighted by Crippen LogP contribution is 2.20. The van der Waals surface area contributed by atoms with Crippen molar-refractivity contribution in [3.63, 3.8) is 0 Å². The molecule has 1 aromatic rings. The zero-order valence-corrected chi connectivity index (χ0v) is 13.2. The maximum absolute atomic E-state index is 5.22. The number of alkyl halides is 1. The Balaban J connectivity index is 3.07. The summed E-state index contributed by atoms with van der Waals surface area (Å²) >= 11 is 3.50. The van der Waals surface area contributed by atoms with Gasteiger partial charge in [0.25, 0.3) is 0 Å². The summed E-state index contributed by atoms with van der Waals surface area (Å²) in [6.45, 7) is 7.26. The van der Waals surface area contributed by atoms with Gasteiger partial charge in [-0.05, 0) is 19.8 Å². The molecule has 18 heavy (non-hydrogen) atoms. The fourth-order valence-electron chi connectivity index (χ4n) is 2.02. The van der Waals surface area contributed by atoms with Gasteiger partial charge in [0.2, 0.25) is 11.8 Å². The van der Waals surface area contributed by atoms with Gasteiger partial charge < -0.3 is 9.64 Å². The Morgan fingerprint density at radius 3 is 2.50 bits per heavy atom. The summed E-state index contributed by atoms with van der Waals surface area (Å²) in [6, 6.07) is 2.32. The number of nitrogens with zero attached hydrogens (tertiary/aromatic N) is 3. The van der Waals surface area contributed by atoms with Crippen molar-refractivity contribution in [3.8, 4) is 5.88 Å². The average molecular weight is 316 g/mol. The molecule has 0 radical (unpaired) electrons. The molecule has 0 amide bonds. The van der Waals surface area contributed by atoms with E-state index in [0.717, 1.165) is 36.4 Å². The van der Waals surface area contributed by atoms with Crippen LogP contribution in [0.15, 0.2) is 6.07 Å². The van der Waals surface area contributed by atoms with E-state index in [1.54, 1.807) is 7.11 Å². The molecule has 1 rings (SSSR count). The molecule has 0 aliphatic rings. The van der Waals surface area contributed by atoms with Crippen LogP contribution in [0.4, 0.5) is 5.95 Å². The number of methoxy groups -OCH3 is 1. The number of aryl methyl sites for hydroxylation is 1. The average Bonchev–Trinajstić information content (AvgIpc) is 2.38. The van der Waals surface area contributed by atoms with Crippen LogP contribution in [-0.2, 0) is 0 Å². The van der Waals surface area contributed by atoms with Gasteiger partial charge >= 0.3 is 0 Å². The van der Waals surface area contributed by atoms with E-state index >= 15 is 0 Å². The molecule has 0 fully saturated rings. The predicted molar refractivity (Wildman–Crippen MR) is 78.8 cm³/mol. The highest BCUT2D eigenvalue weighted by atomic mass is 79.9. The van der Waals surface area contributed by atoms with Gasteiger partial charge in [0.1, 0.15) is 0 Å². The van der Waals surface area contributed by atoms with Gasteiger partial charge in [0.05, 0.1) is 7.11 Å². The van der Waals surface area contributed by atoms with Gasteiger partial charge in [0.15, 0.2) is 0 Å². The third-order valence-corrected chi connectivity index (χ3v) is 3.35. The summed E-state index contributed by atoms with van der Waals surface area (Å²) in [5.41, 5.74) is 0.933. The van der Waals surface area contributed by atoms with E-state index in [0.29, 0.717) is 11.9 Å². The van der Waals surface area contributed by atoms with Crippen LogP contribution in [0, 0.1) is 6.92 Å². The van der Waals surface area contributed by atoms with Crippen molar-refractivity contribution in [2.45, 2.75) is 39.7 Å². The maximum Gasteiger partial charge on any atom is 0.229 e. The Morgan fingerprint density at radius 1 is 1.33 bits per heavy atom. The summed E-state index contributed by atoms with van der Waals surface area (Å²) in [7, 11) is 1.64. The number of ether oxygens (including phenoxy) is 1. The van der Waals surface area contributed by atoms with Crippen LogP contribution >= 0.6 is 15.9 Å². The van der Waals surface area contributed by atoms with Crippen molar-refractivity contribution in [2.75, 3.05) is 23.9 Å². The van der Waals surface area contributed by atoms with E-state index in [4.69, 9.17) is 4.74 Å². The number of hydrogen-bond acceptors (Lipinski definition) is 4. The van der Waals surface area contributed by atoms with Crippen molar-refractivity contribution in [2.24, 2.45) is 0 Å². The van der Waals surface area contributed by atoms with Crippen molar-refractivity contribution < 1.29 is 4.74 Å². The van der Waals surface area contributed by atoms with E-state index in [-0.39, 0.29) is 0 Å². The zero-order valence-electron chi connectivity index (χ0n) is 11.6. The summed E-state index contributed by atoms with van der Waals surface area (Å²) in [5, 5.41) is 0.906. The topological polar surface area (TPSA) is 38.2 Å². The molecule has 102 valence electrons. The first-order valence-electron chi connectivity index (χ1n) is 6.38. The van der Waals surface area contributed by atoms with Crippen molar-refractivity contribution >= 4 is 21.9 Å². The molecule has 0 saturated carbocycles. The van der Waals surface area contributed by atoms with Crippen molar-refractivity contribution in [1.82, 2.24) is 9.97 Å². The predicted octanol–water partition coefficient (Wildman–Crippen LogP) is 3.18. The Hall–Kier alpha value is -0.840. The summed E-state index contributed by atoms with van der Waals surface area (Å²) in [5.74, 6) is 1.39. The molecule has 4 nitrogen and oxygen atoms in total. The SMILES string of the molecule is CCC(CC)N(CCBr)c1nc(C)cc(OC)n1. The number of anilines is 1. The van der Waals surface area contributed by atoms with Gasteiger partial charge in [-0.3, -0.25) is 0 Å². The fourth-order valence-corrected chi connectivity index (χ4v) is 2.41. The van der Waals surface area contributed by atoms with Gasteiger partial charge in [0, 0.05) is 29.7 Å². The van der Waals surface area contributed by atoms with E-state index < -0.39 is 0 Å². The standard InChI is InChI=1S/C13H22BrN3O/c1-5-11(6-2)17(8-7-14)13-15-10(3)9-12(16-13)18-4/h9,11H,5-8H2,1-4H3. The molecular formula is C13H22BrN3O. The van der Waals surface area contributed by atoms with E-state index in [1.165, 1.54) is 0 Å². The largest absolute Gasteiger partial charge is 0.481 e. The minimum Gasteiger partial charge on any atom is -0.481 e. The lowest BCUT2D eigenvalue weighted by Crippen LogP contribution is -2.37. The molecule has 0 spiro atoms. The molecule has 1 aromatic heterocycles. The van der Waals surface area contributed by atoms with Crippen LogP contribution in [-0.4, -0.2) is 35.0 Å². The van der Waals surface area contributed by atoms with Gasteiger partial charge in [-0.1, -0.05) is 29.8 Å². The van der Waals surface area contributed by atoms with Gasteiger partial charge in [-0.15, -0.1) is 0 Å². The molecule has 0 aromatic carbocycles. The minimum absolute atomic E-state index is 0.467. The van der Waals surface area contributed by atoms with Crippen LogP contribution in [0.5, 0.6) is 5.88 Å². The van der Waals surface area contributed by atoms with Crippen LogP contribution in [0.1, 0.15) is 32.4 Å². The second-order valence-corrected chi connectivity index (χ2v) is 5.00. The third kappa shape index (κ3) is 3.83. The quantitative estimate of drug-likeness (QED) is 0.724. The summed E-state index contributed by atoms with van der Waals surface area (Å²) in [6.07, 6.45) is 2.17. The molecule has 0 aliphatic carbocycles. The maximum atomic E-state index is 5.22. The zero-order chi connectivity index (χ0) is 13.5. The second-order valence-electron chi connectivity index (χ2n) is 4.20. The van der Waals surface area contributed by atoms with Crippen LogP contribution in [0.2, 0.25) is 0 Å². The summed E-state index contributed by atoms with van der Waals surface area (Å²) in [4.78, 5) is 11.2. The Bertz CT molecular complexity index is 369. The molecule has 1 heterocycles. The minimum atomic E-state index is 0.467. The Labute approximate surface area is 118 Å². The normalized spacial score (nSPS) is 10.8. The van der Waals surface area contributed by atoms with E-state index in [9.17, 15) is 0 Å². The van der Waals surface area contributed by atoms with Crippen LogP contribution in [0.3, 0.4) is 0 Å². The molecule has 5 heteroatoms. The first-order valence-corrected chi connectivity index (χ1v) is 7.50. The van der Waals surface area contributed by atoms with E-state index in [1.807, 2.05) is 13.0 Å². The monoisotopic (exact) mass is 315 g/mol. The third-order valence-electron chi connectivity index (χ3n) is 2.99. The molecule has 0 N–H and O–H groups in total. The number of aromatic nitrogens is 2. The highest BCUT2D eigenvalue weighted by molar-refractivity contribution is 9.09. The number of hydrogen-bond donors (Lipinski definition) is 0. The smallest absolute Gasteiger partial charge is 0.229 e. The Kier molecular flexibility index (Phi) is 6.39. The van der Waals surface area contributed by atoms with Gasteiger partial charge in [-0.25, -0.2) is 4.98 Å². The Morgan fingerprint density at radius 2 is 2.00 bits per heavy atom. The first-order chi connectivity index (χ1) is 8.65. The van der Waals surface area contributed by atoms with Gasteiger partial charge in [-0.2, -0.15) is 4.98 Å². The van der Waals surface area contributed by atoms with Crippen LogP contribution in [0.25, 0.3) is 0 Å². The number of rotatable bonds is 7. The molecule has 0 atom stereocenters. The van der Waals surface area contributed by atoms with E-state index in [2.05, 4.69) is 44.6 Å². The molecule has 0 aliphatic heterocycles. The number of halogens is 1. The lowest BCUT2D eigenvalue weighted by Gasteiger charge is -2.30. The molecule has 0 saturated heterocycles. The summed E-state index contributed by atoms with van der Waals surface area (Å²) < 4.78 is 5.22. The van der Waals surface area contributed by atoms with Crippen molar-refractivity contribution in [3.05, 3.63) is 11.8 Å². The lowest BCUT2D eigenvalue weighted by molar-refractivity contribution is 0.395. The first kappa shape index (κ1) is 15.2. The molecule has 0 bridgehead atoms. The van der Waals surface area contributed by atoms with Crippen LogP contribution < -0.4 is 9.64 Å². The fraction of sp³-hybridized carbons (Fsp3) is 0.692. The second kappa shape index (κ2) is 7.56. The lowest BCUT2D eigenvalue weighted by atomic mass is 10.1. The highest BCUT2D eigenvalue weighted by Gasteiger charge is 2.18.